The van der Waals surface area contributed by atoms with Crippen molar-refractivity contribution in [2.45, 2.75) is 104 Å². The van der Waals surface area contributed by atoms with Gasteiger partial charge in [0.1, 0.15) is 0 Å². The summed E-state index contributed by atoms with van der Waals surface area (Å²) in [4.78, 5) is 23.3. The maximum absolute atomic E-state index is 11.6. The lowest BCUT2D eigenvalue weighted by Crippen LogP contribution is -2.11. The van der Waals surface area contributed by atoms with Crippen molar-refractivity contribution in [1.82, 2.24) is 0 Å². The second kappa shape index (κ2) is 13.9. The normalized spacial score (nSPS) is 21.5. The van der Waals surface area contributed by atoms with E-state index in [0.717, 1.165) is 64.2 Å². The Labute approximate surface area is 153 Å². The van der Waals surface area contributed by atoms with Crippen LogP contribution < -0.4 is 0 Å². The predicted octanol–water partition coefficient (Wildman–Crippen LogP) is 6.42. The van der Waals surface area contributed by atoms with Gasteiger partial charge in [-0.1, -0.05) is 49.0 Å². The summed E-state index contributed by atoms with van der Waals surface area (Å²) in [7, 11) is 0. The Bertz CT molecular complexity index is 418. The largest absolute Gasteiger partial charge is 0.393 e. The Morgan fingerprint density at radius 2 is 0.960 bits per heavy atom. The van der Waals surface area contributed by atoms with Crippen LogP contribution in [0.1, 0.15) is 104 Å². The molecule has 0 spiro atoms. The smallest absolute Gasteiger partial charge is 0.313 e. The van der Waals surface area contributed by atoms with E-state index in [1.54, 1.807) is 0 Å². The molecule has 0 aromatic heterocycles. The Balaban J connectivity index is 2.42. The van der Waals surface area contributed by atoms with Gasteiger partial charge >= 0.3 is 11.9 Å². The summed E-state index contributed by atoms with van der Waals surface area (Å²) >= 11 is 0. The van der Waals surface area contributed by atoms with E-state index in [9.17, 15) is 9.59 Å². The third kappa shape index (κ3) is 12.6. The van der Waals surface area contributed by atoms with Gasteiger partial charge in [0.05, 0.1) is 0 Å². The van der Waals surface area contributed by atoms with Crippen molar-refractivity contribution >= 4 is 11.9 Å². The zero-order chi connectivity index (χ0) is 18.3. The molecule has 3 nitrogen and oxygen atoms in total. The van der Waals surface area contributed by atoms with Gasteiger partial charge < -0.3 is 4.74 Å². The molecule has 1 aliphatic rings. The molecule has 1 heterocycles. The average Bonchev–Trinajstić information content (AvgIpc) is 2.57. The molecule has 0 amide bonds. The summed E-state index contributed by atoms with van der Waals surface area (Å²) in [6.07, 6.45) is 18.3. The quantitative estimate of drug-likeness (QED) is 0.288. The zero-order valence-corrected chi connectivity index (χ0v) is 16.3. The van der Waals surface area contributed by atoms with Crippen LogP contribution in [0.4, 0.5) is 0 Å². The van der Waals surface area contributed by atoms with Gasteiger partial charge in [-0.15, -0.1) is 0 Å². The molecule has 0 saturated heterocycles. The second-order valence-corrected chi connectivity index (χ2v) is 7.35. The number of rotatable bonds is 0. The van der Waals surface area contributed by atoms with E-state index >= 15 is 0 Å². The molecule has 0 unspecified atom stereocenters. The molecule has 1 rings (SSSR count). The van der Waals surface area contributed by atoms with E-state index in [-0.39, 0.29) is 11.9 Å². The van der Waals surface area contributed by atoms with Crippen LogP contribution in [0.15, 0.2) is 23.3 Å². The minimum Gasteiger partial charge on any atom is -0.393 e. The molecule has 0 fully saturated rings. The van der Waals surface area contributed by atoms with Gasteiger partial charge in [-0.3, -0.25) is 9.59 Å². The van der Waals surface area contributed by atoms with E-state index in [1.807, 2.05) is 0 Å². The van der Waals surface area contributed by atoms with Crippen LogP contribution >= 0.6 is 0 Å². The summed E-state index contributed by atoms with van der Waals surface area (Å²) in [5, 5.41) is 0. The fourth-order valence-corrected chi connectivity index (χ4v) is 3.15. The van der Waals surface area contributed by atoms with Crippen molar-refractivity contribution in [3.63, 3.8) is 0 Å². The van der Waals surface area contributed by atoms with Crippen molar-refractivity contribution in [2.24, 2.45) is 0 Å². The molecule has 3 heteroatoms. The molecule has 25 heavy (non-hydrogen) atoms. The highest BCUT2D eigenvalue weighted by Crippen LogP contribution is 2.15. The molecular weight excluding hydrogens is 312 g/mol. The molecule has 0 aromatic carbocycles. The molecule has 1 aliphatic heterocycles. The van der Waals surface area contributed by atoms with Crippen LogP contribution in [-0.4, -0.2) is 11.9 Å². The van der Waals surface area contributed by atoms with Crippen LogP contribution in [0.2, 0.25) is 0 Å². The van der Waals surface area contributed by atoms with Crippen molar-refractivity contribution in [2.75, 3.05) is 0 Å². The molecule has 0 N–H and O–H groups in total. The fraction of sp³-hybridized carbons (Fsp3) is 0.727. The Hall–Kier alpha value is -1.38. The van der Waals surface area contributed by atoms with Crippen LogP contribution in [0, 0.1) is 0 Å². The lowest BCUT2D eigenvalue weighted by atomic mass is 10.0. The molecule has 0 bridgehead atoms. The van der Waals surface area contributed by atoms with Crippen molar-refractivity contribution in [3.05, 3.63) is 23.3 Å². The highest BCUT2D eigenvalue weighted by atomic mass is 16.6. The molecule has 0 atom stereocenters. The van der Waals surface area contributed by atoms with E-state index in [4.69, 9.17) is 4.74 Å². The minimum absolute atomic E-state index is 0.354. The maximum Gasteiger partial charge on any atom is 0.313 e. The third-order valence-electron chi connectivity index (χ3n) is 4.78. The lowest BCUT2D eigenvalue weighted by Gasteiger charge is -2.04. The summed E-state index contributed by atoms with van der Waals surface area (Å²) in [6, 6.07) is 0. The van der Waals surface area contributed by atoms with E-state index in [0.29, 0.717) is 12.8 Å². The summed E-state index contributed by atoms with van der Waals surface area (Å²) in [5.74, 6) is -0.708. The number of hydrogen-bond donors (Lipinski definition) is 0. The number of cyclic esters (lactones) is 2. The SMILES string of the molecule is CC1=CCCC=C(C)CCCCCCC(=O)OC(=O)CCCCCC1. The fourth-order valence-electron chi connectivity index (χ4n) is 3.15. The van der Waals surface area contributed by atoms with Crippen LogP contribution in [0.25, 0.3) is 0 Å². The van der Waals surface area contributed by atoms with Gasteiger partial charge in [0.15, 0.2) is 0 Å². The Morgan fingerprint density at radius 3 is 1.36 bits per heavy atom. The zero-order valence-electron chi connectivity index (χ0n) is 16.3. The van der Waals surface area contributed by atoms with Crippen LogP contribution in [0.3, 0.4) is 0 Å². The van der Waals surface area contributed by atoms with Gasteiger partial charge in [-0.2, -0.15) is 0 Å². The second-order valence-electron chi connectivity index (χ2n) is 7.35. The number of ether oxygens (including phenoxy) is 1. The van der Waals surface area contributed by atoms with Crippen molar-refractivity contribution in [1.29, 1.82) is 0 Å². The van der Waals surface area contributed by atoms with Gasteiger partial charge in [0, 0.05) is 12.8 Å². The van der Waals surface area contributed by atoms with Gasteiger partial charge in [-0.25, -0.2) is 0 Å². The first-order valence-corrected chi connectivity index (χ1v) is 10.1. The average molecular weight is 349 g/mol. The van der Waals surface area contributed by atoms with E-state index in [1.165, 1.54) is 24.0 Å². The maximum atomic E-state index is 11.6. The summed E-state index contributed by atoms with van der Waals surface area (Å²) in [5.41, 5.74) is 2.95. The Morgan fingerprint density at radius 1 is 0.600 bits per heavy atom. The van der Waals surface area contributed by atoms with Gasteiger partial charge in [0.2, 0.25) is 0 Å². The molecule has 142 valence electrons. The molecule has 0 radical (unpaired) electrons. The molecule has 0 aliphatic carbocycles. The first-order valence-electron chi connectivity index (χ1n) is 10.1. The predicted molar refractivity (Wildman–Crippen MR) is 103 cm³/mol. The number of carbonyl (C=O) groups excluding carboxylic acids is 2. The van der Waals surface area contributed by atoms with Crippen LogP contribution in [0.5, 0.6) is 0 Å². The third-order valence-corrected chi connectivity index (χ3v) is 4.78. The minimum atomic E-state index is -0.354. The molecular formula is C22H36O3. The number of allylic oxidation sites excluding steroid dienone is 4. The van der Waals surface area contributed by atoms with Crippen molar-refractivity contribution in [3.8, 4) is 0 Å². The highest BCUT2D eigenvalue weighted by molar-refractivity contribution is 5.85. The van der Waals surface area contributed by atoms with Crippen LogP contribution in [-0.2, 0) is 14.3 Å². The monoisotopic (exact) mass is 348 g/mol. The highest BCUT2D eigenvalue weighted by Gasteiger charge is 2.09. The number of carbonyl (C=O) groups is 2. The number of esters is 2. The topological polar surface area (TPSA) is 43.4 Å². The van der Waals surface area contributed by atoms with Crippen molar-refractivity contribution < 1.29 is 14.3 Å². The lowest BCUT2D eigenvalue weighted by molar-refractivity contribution is -0.159. The Kier molecular flexibility index (Phi) is 12.0. The summed E-state index contributed by atoms with van der Waals surface area (Å²) in [6.45, 7) is 4.43. The summed E-state index contributed by atoms with van der Waals surface area (Å²) < 4.78 is 4.89. The molecule has 0 aromatic rings. The van der Waals surface area contributed by atoms with E-state index < -0.39 is 0 Å². The van der Waals surface area contributed by atoms with Gasteiger partial charge in [-0.05, 0) is 65.2 Å². The number of hydrogen-bond acceptors (Lipinski definition) is 3. The van der Waals surface area contributed by atoms with E-state index in [2.05, 4.69) is 26.0 Å². The standard InChI is InChI=1S/C22H36O3/c1-19-13-7-3-5-9-17-21(23)25-22(24)18-10-6-4-8-14-20(2)16-12-11-15-19/h15-16H,3-14,17-18H2,1-2H3. The molecule has 0 saturated carbocycles. The van der Waals surface area contributed by atoms with Gasteiger partial charge in [0.25, 0.3) is 0 Å². The first kappa shape index (κ1) is 21.7. The first-order chi connectivity index (χ1) is 12.1.